The summed E-state index contributed by atoms with van der Waals surface area (Å²) in [7, 11) is 4.42. The largest absolute Gasteiger partial charge is 0.307 e. The smallest absolute Gasteiger partial charge is 0.0185 e. The molecule has 108 valence electrons. The van der Waals surface area contributed by atoms with Crippen molar-refractivity contribution in [3.8, 4) is 0 Å². The monoisotopic (exact) mass is 280 g/mol. The Morgan fingerprint density at radius 2 is 1.63 bits per heavy atom. The van der Waals surface area contributed by atoms with Gasteiger partial charge in [0.2, 0.25) is 0 Å². The number of benzene rings is 1. The average molecular weight is 280 g/mol. The van der Waals surface area contributed by atoms with Gasteiger partial charge in [0.25, 0.3) is 0 Å². The number of hydrogen-bond donors (Lipinski definition) is 0. The lowest BCUT2D eigenvalue weighted by Gasteiger charge is -2.19. The molecule has 0 amide bonds. The minimum absolute atomic E-state index is 1.13. The summed E-state index contributed by atoms with van der Waals surface area (Å²) in [5, 5.41) is 0. The van der Waals surface area contributed by atoms with Gasteiger partial charge in [-0.2, -0.15) is 11.8 Å². The lowest BCUT2D eigenvalue weighted by atomic mass is 10.2. The van der Waals surface area contributed by atoms with Gasteiger partial charge in [-0.05, 0) is 45.7 Å². The highest BCUT2D eigenvalue weighted by Gasteiger charge is 2.00. The normalized spacial score (nSPS) is 11.4. The fourth-order valence-corrected chi connectivity index (χ4v) is 2.88. The van der Waals surface area contributed by atoms with E-state index in [-0.39, 0.29) is 0 Å². The summed E-state index contributed by atoms with van der Waals surface area (Å²) in [4.78, 5) is 4.82. The Kier molecular flexibility index (Phi) is 8.97. The lowest BCUT2D eigenvalue weighted by Crippen LogP contribution is -2.27. The van der Waals surface area contributed by atoms with Crippen LogP contribution in [0.3, 0.4) is 0 Å². The molecule has 19 heavy (non-hydrogen) atoms. The van der Waals surface area contributed by atoms with E-state index in [4.69, 9.17) is 0 Å². The minimum atomic E-state index is 1.13. The van der Waals surface area contributed by atoms with Crippen LogP contribution in [0, 0.1) is 0 Å². The minimum Gasteiger partial charge on any atom is -0.307 e. The van der Waals surface area contributed by atoms with Gasteiger partial charge in [-0.25, -0.2) is 0 Å². The van der Waals surface area contributed by atoms with Gasteiger partial charge >= 0.3 is 0 Å². The summed E-state index contributed by atoms with van der Waals surface area (Å²) in [6.45, 7) is 6.96. The Balaban J connectivity index is 2.00. The molecule has 0 saturated heterocycles. The Morgan fingerprint density at radius 3 is 2.32 bits per heavy atom. The summed E-state index contributed by atoms with van der Waals surface area (Å²) in [6.07, 6.45) is 1.27. The summed E-state index contributed by atoms with van der Waals surface area (Å²) in [6, 6.07) is 10.7. The number of nitrogens with zero attached hydrogens (tertiary/aromatic N) is 2. The second-order valence-electron chi connectivity index (χ2n) is 5.09. The molecule has 0 heterocycles. The van der Waals surface area contributed by atoms with Gasteiger partial charge in [-0.15, -0.1) is 0 Å². The van der Waals surface area contributed by atoms with E-state index in [9.17, 15) is 0 Å². The first-order valence-corrected chi connectivity index (χ1v) is 8.36. The molecule has 1 aromatic carbocycles. The van der Waals surface area contributed by atoms with Gasteiger partial charge in [0.05, 0.1) is 0 Å². The molecule has 0 bridgehead atoms. The maximum absolute atomic E-state index is 2.45. The Hall–Kier alpha value is -0.510. The van der Waals surface area contributed by atoms with Crippen LogP contribution in [0.1, 0.15) is 18.9 Å². The van der Waals surface area contributed by atoms with Gasteiger partial charge in [0, 0.05) is 18.1 Å². The lowest BCUT2D eigenvalue weighted by molar-refractivity contribution is 0.294. The van der Waals surface area contributed by atoms with Gasteiger partial charge < -0.3 is 9.80 Å². The molecule has 0 fully saturated rings. The van der Waals surface area contributed by atoms with Gasteiger partial charge in [0.1, 0.15) is 0 Å². The molecular weight excluding hydrogens is 252 g/mol. The molecular formula is C16H28N2S. The van der Waals surface area contributed by atoms with Gasteiger partial charge in [-0.3, -0.25) is 0 Å². The molecule has 0 aromatic heterocycles. The molecule has 1 rings (SSSR count). The van der Waals surface area contributed by atoms with Crippen LogP contribution in [0.2, 0.25) is 0 Å². The number of rotatable bonds is 10. The van der Waals surface area contributed by atoms with E-state index in [2.05, 4.69) is 61.2 Å². The van der Waals surface area contributed by atoms with Crippen molar-refractivity contribution in [1.29, 1.82) is 0 Å². The van der Waals surface area contributed by atoms with Crippen LogP contribution in [0.4, 0.5) is 0 Å². The summed E-state index contributed by atoms with van der Waals surface area (Å²) in [5.41, 5.74) is 1.43. The molecule has 3 heteroatoms. The predicted octanol–water partition coefficient (Wildman–Crippen LogP) is 3.19. The molecule has 0 N–H and O–H groups in total. The topological polar surface area (TPSA) is 6.48 Å². The van der Waals surface area contributed by atoms with Crippen molar-refractivity contribution in [3.05, 3.63) is 35.9 Å². The average Bonchev–Trinajstić information content (AvgIpc) is 2.44. The van der Waals surface area contributed by atoms with Crippen molar-refractivity contribution in [3.63, 3.8) is 0 Å². The molecule has 2 nitrogen and oxygen atoms in total. The highest BCUT2D eigenvalue weighted by Crippen LogP contribution is 2.11. The van der Waals surface area contributed by atoms with E-state index in [1.807, 2.05) is 11.8 Å². The zero-order valence-corrected chi connectivity index (χ0v) is 13.5. The first kappa shape index (κ1) is 16.5. The molecule has 0 saturated carbocycles. The maximum Gasteiger partial charge on any atom is 0.0185 e. The van der Waals surface area contributed by atoms with Crippen LogP contribution < -0.4 is 0 Å². The van der Waals surface area contributed by atoms with Crippen molar-refractivity contribution in [2.75, 3.05) is 46.0 Å². The molecule has 0 aliphatic carbocycles. The van der Waals surface area contributed by atoms with Gasteiger partial charge in [0.15, 0.2) is 0 Å². The van der Waals surface area contributed by atoms with Crippen LogP contribution in [0.25, 0.3) is 0 Å². The van der Waals surface area contributed by atoms with Crippen LogP contribution in [-0.4, -0.2) is 55.8 Å². The first-order chi connectivity index (χ1) is 9.22. The second kappa shape index (κ2) is 10.3. The number of hydrogen-bond acceptors (Lipinski definition) is 3. The molecule has 0 unspecified atom stereocenters. The van der Waals surface area contributed by atoms with Crippen molar-refractivity contribution in [2.45, 2.75) is 19.1 Å². The van der Waals surface area contributed by atoms with E-state index in [0.29, 0.717) is 0 Å². The first-order valence-electron chi connectivity index (χ1n) is 7.21. The van der Waals surface area contributed by atoms with E-state index < -0.39 is 0 Å². The molecule has 0 spiro atoms. The van der Waals surface area contributed by atoms with Gasteiger partial charge in [-0.1, -0.05) is 37.3 Å². The number of thioether (sulfide) groups is 1. The zero-order valence-electron chi connectivity index (χ0n) is 12.6. The molecule has 1 aromatic rings. The third-order valence-corrected chi connectivity index (χ3v) is 4.36. The van der Waals surface area contributed by atoms with E-state index in [1.54, 1.807) is 0 Å². The fraction of sp³-hybridized carbons (Fsp3) is 0.625. The fourth-order valence-electron chi connectivity index (χ4n) is 1.87. The van der Waals surface area contributed by atoms with Crippen LogP contribution in [0.15, 0.2) is 30.3 Å². The van der Waals surface area contributed by atoms with Crippen LogP contribution >= 0.6 is 11.8 Å². The third kappa shape index (κ3) is 8.30. The van der Waals surface area contributed by atoms with E-state index in [1.165, 1.54) is 37.4 Å². The molecule has 0 atom stereocenters. The van der Waals surface area contributed by atoms with Crippen molar-refractivity contribution >= 4 is 11.8 Å². The quantitative estimate of drug-likeness (QED) is 0.608. The maximum atomic E-state index is 2.45. The zero-order chi connectivity index (χ0) is 13.9. The summed E-state index contributed by atoms with van der Waals surface area (Å²) >= 11 is 2.03. The Labute approximate surface area is 123 Å². The molecule has 0 aliphatic heterocycles. The summed E-state index contributed by atoms with van der Waals surface area (Å²) in [5.74, 6) is 2.35. The Bertz CT molecular complexity index is 316. The standard InChI is InChI=1S/C16H28N2S/c1-4-17(2)11-8-12-18(3)13-14-19-15-16-9-6-5-7-10-16/h5-7,9-10H,4,8,11-15H2,1-3H3. The molecule has 0 aliphatic rings. The van der Waals surface area contributed by atoms with Crippen LogP contribution in [-0.2, 0) is 5.75 Å². The van der Waals surface area contributed by atoms with Crippen molar-refractivity contribution < 1.29 is 0 Å². The summed E-state index contributed by atoms with van der Waals surface area (Å²) < 4.78 is 0. The SMILES string of the molecule is CCN(C)CCCN(C)CCSCc1ccccc1. The van der Waals surface area contributed by atoms with Crippen molar-refractivity contribution in [1.82, 2.24) is 9.80 Å². The predicted molar refractivity (Wildman–Crippen MR) is 87.9 cm³/mol. The second-order valence-corrected chi connectivity index (χ2v) is 6.20. The highest BCUT2D eigenvalue weighted by atomic mass is 32.2. The molecule has 0 radical (unpaired) electrons. The van der Waals surface area contributed by atoms with E-state index in [0.717, 1.165) is 12.3 Å². The third-order valence-electron chi connectivity index (χ3n) is 3.35. The highest BCUT2D eigenvalue weighted by molar-refractivity contribution is 7.98. The van der Waals surface area contributed by atoms with E-state index >= 15 is 0 Å². The van der Waals surface area contributed by atoms with Crippen LogP contribution in [0.5, 0.6) is 0 Å². The van der Waals surface area contributed by atoms with Crippen molar-refractivity contribution in [2.24, 2.45) is 0 Å². The Morgan fingerprint density at radius 1 is 0.947 bits per heavy atom.